The molecule has 29 heavy (non-hydrogen) atoms. The Bertz CT molecular complexity index is 933. The van der Waals surface area contributed by atoms with Gasteiger partial charge in [-0.25, -0.2) is 4.79 Å². The number of carbonyl (C=O) groups excluding carboxylic acids is 3. The fourth-order valence-corrected chi connectivity index (χ4v) is 3.30. The Kier molecular flexibility index (Phi) is 6.00. The number of nitrogens with one attached hydrogen (secondary N) is 1. The van der Waals surface area contributed by atoms with Crippen molar-refractivity contribution in [2.24, 2.45) is 7.05 Å². The molecule has 1 atom stereocenters. The summed E-state index contributed by atoms with van der Waals surface area (Å²) in [6.07, 6.45) is 0.535. The first kappa shape index (κ1) is 20.6. The van der Waals surface area contributed by atoms with Gasteiger partial charge in [0.15, 0.2) is 6.10 Å². The van der Waals surface area contributed by atoms with Crippen LogP contribution in [0.15, 0.2) is 24.3 Å². The Hall–Kier alpha value is -3.16. The van der Waals surface area contributed by atoms with E-state index in [-0.39, 0.29) is 5.91 Å². The summed E-state index contributed by atoms with van der Waals surface area (Å²) < 4.78 is 6.98. The van der Waals surface area contributed by atoms with Gasteiger partial charge < -0.3 is 15.0 Å². The van der Waals surface area contributed by atoms with Gasteiger partial charge in [-0.05, 0) is 44.9 Å². The van der Waals surface area contributed by atoms with E-state index in [1.54, 1.807) is 42.9 Å². The Morgan fingerprint density at radius 2 is 1.93 bits per heavy atom. The molecule has 1 aromatic heterocycles. The lowest BCUT2D eigenvalue weighted by molar-refractivity contribution is -0.128. The van der Waals surface area contributed by atoms with Gasteiger partial charge in [-0.2, -0.15) is 5.10 Å². The van der Waals surface area contributed by atoms with Crippen molar-refractivity contribution in [2.75, 3.05) is 11.9 Å². The van der Waals surface area contributed by atoms with E-state index in [2.05, 4.69) is 10.4 Å². The second-order valence-corrected chi connectivity index (χ2v) is 7.32. The van der Waals surface area contributed by atoms with Crippen molar-refractivity contribution in [1.29, 1.82) is 0 Å². The van der Waals surface area contributed by atoms with Crippen molar-refractivity contribution >= 4 is 23.5 Å². The second kappa shape index (κ2) is 8.46. The summed E-state index contributed by atoms with van der Waals surface area (Å²) in [5.41, 5.74) is 3.45. The van der Waals surface area contributed by atoms with E-state index in [9.17, 15) is 14.4 Å². The predicted octanol–water partition coefficient (Wildman–Crippen LogP) is 2.34. The zero-order valence-electron chi connectivity index (χ0n) is 17.2. The molecule has 3 rings (SSSR count). The van der Waals surface area contributed by atoms with Crippen molar-refractivity contribution in [3.63, 3.8) is 0 Å². The van der Waals surface area contributed by atoms with E-state index in [4.69, 9.17) is 4.74 Å². The number of hydrogen-bond donors (Lipinski definition) is 1. The maximum Gasteiger partial charge on any atom is 0.338 e. The highest BCUT2D eigenvalue weighted by atomic mass is 16.5. The van der Waals surface area contributed by atoms with E-state index in [0.29, 0.717) is 29.9 Å². The Labute approximate surface area is 169 Å². The third-order valence-corrected chi connectivity index (χ3v) is 5.14. The molecular formula is C21H26N4O4. The average Bonchev–Trinajstić information content (AvgIpc) is 3.19. The van der Waals surface area contributed by atoms with E-state index >= 15 is 0 Å². The highest BCUT2D eigenvalue weighted by molar-refractivity contribution is 5.98. The molecule has 1 fully saturated rings. The number of hydrogen-bond acceptors (Lipinski definition) is 5. The molecule has 8 nitrogen and oxygen atoms in total. The topological polar surface area (TPSA) is 93.5 Å². The summed E-state index contributed by atoms with van der Waals surface area (Å²) in [5.74, 6) is -0.829. The van der Waals surface area contributed by atoms with Crippen LogP contribution in [0.1, 0.15) is 47.1 Å². The van der Waals surface area contributed by atoms with Crippen LogP contribution in [0.3, 0.4) is 0 Å². The molecule has 8 heteroatoms. The quantitative estimate of drug-likeness (QED) is 0.754. The van der Waals surface area contributed by atoms with Gasteiger partial charge in [0.25, 0.3) is 5.91 Å². The van der Waals surface area contributed by atoms with Gasteiger partial charge in [-0.15, -0.1) is 0 Å². The number of amides is 2. The van der Waals surface area contributed by atoms with Crippen molar-refractivity contribution in [3.05, 3.63) is 46.8 Å². The van der Waals surface area contributed by atoms with Crippen molar-refractivity contribution in [3.8, 4) is 0 Å². The van der Waals surface area contributed by atoms with E-state index in [1.807, 2.05) is 11.8 Å². The number of rotatable bonds is 6. The zero-order chi connectivity index (χ0) is 21.1. The molecule has 1 saturated heterocycles. The highest BCUT2D eigenvalue weighted by Gasteiger charge is 2.22. The third kappa shape index (κ3) is 4.64. The van der Waals surface area contributed by atoms with Gasteiger partial charge in [0.05, 0.1) is 22.6 Å². The van der Waals surface area contributed by atoms with Crippen LogP contribution in [0.2, 0.25) is 0 Å². The summed E-state index contributed by atoms with van der Waals surface area (Å²) in [4.78, 5) is 38.3. The minimum Gasteiger partial charge on any atom is -0.449 e. The first-order valence-electron chi connectivity index (χ1n) is 9.65. The molecule has 0 saturated carbocycles. The smallest absolute Gasteiger partial charge is 0.338 e. The standard InChI is InChI=1S/C21H26N4O4/c1-13-19(14(2)24(4)23-13)22-20(27)15(3)29-21(28)17-9-7-16(8-10-17)12-25-11-5-6-18(25)26/h7-10,15H,5-6,11-12H2,1-4H3,(H,22,27)/t15-/m1/s1. The van der Waals surface area contributed by atoms with Crippen LogP contribution < -0.4 is 5.32 Å². The van der Waals surface area contributed by atoms with Crippen LogP contribution in [0.4, 0.5) is 5.69 Å². The van der Waals surface area contributed by atoms with Crippen molar-refractivity contribution < 1.29 is 19.1 Å². The van der Waals surface area contributed by atoms with E-state index < -0.39 is 18.0 Å². The maximum absolute atomic E-state index is 12.4. The Balaban J connectivity index is 1.57. The van der Waals surface area contributed by atoms with Crippen LogP contribution in [-0.4, -0.2) is 45.1 Å². The predicted molar refractivity (Wildman–Crippen MR) is 107 cm³/mol. The number of carbonyl (C=O) groups is 3. The van der Waals surface area contributed by atoms with Crippen LogP contribution in [0.5, 0.6) is 0 Å². The van der Waals surface area contributed by atoms with Gasteiger partial charge in [0.2, 0.25) is 5.91 Å². The number of nitrogens with zero attached hydrogens (tertiary/aromatic N) is 3. The van der Waals surface area contributed by atoms with Crippen LogP contribution >= 0.6 is 0 Å². The molecule has 1 N–H and O–H groups in total. The zero-order valence-corrected chi connectivity index (χ0v) is 17.2. The van der Waals surface area contributed by atoms with Crippen LogP contribution in [-0.2, 0) is 27.9 Å². The number of anilines is 1. The molecule has 0 radical (unpaired) electrons. The van der Waals surface area contributed by atoms with Crippen molar-refractivity contribution in [2.45, 2.75) is 46.3 Å². The Morgan fingerprint density at radius 3 is 2.48 bits per heavy atom. The van der Waals surface area contributed by atoms with E-state index in [1.165, 1.54) is 6.92 Å². The number of ether oxygens (including phenoxy) is 1. The monoisotopic (exact) mass is 398 g/mol. The SMILES string of the molecule is Cc1nn(C)c(C)c1NC(=O)[C@@H](C)OC(=O)c1ccc(CN2CCCC2=O)cc1. The molecular weight excluding hydrogens is 372 g/mol. The van der Waals surface area contributed by atoms with Crippen LogP contribution in [0.25, 0.3) is 0 Å². The highest BCUT2D eigenvalue weighted by Crippen LogP contribution is 2.19. The fraction of sp³-hybridized carbons (Fsp3) is 0.429. The minimum atomic E-state index is -0.955. The minimum absolute atomic E-state index is 0.160. The van der Waals surface area contributed by atoms with Gasteiger partial charge >= 0.3 is 5.97 Å². The van der Waals surface area contributed by atoms with Gasteiger partial charge in [-0.1, -0.05) is 12.1 Å². The lowest BCUT2D eigenvalue weighted by atomic mass is 10.1. The molecule has 2 aromatic rings. The van der Waals surface area contributed by atoms with E-state index in [0.717, 1.165) is 24.2 Å². The lowest BCUT2D eigenvalue weighted by Gasteiger charge is -2.16. The van der Waals surface area contributed by atoms with Crippen LogP contribution in [0, 0.1) is 13.8 Å². The summed E-state index contributed by atoms with van der Waals surface area (Å²) in [6, 6.07) is 6.90. The lowest BCUT2D eigenvalue weighted by Crippen LogP contribution is -2.30. The number of benzene rings is 1. The summed E-state index contributed by atoms with van der Waals surface area (Å²) >= 11 is 0. The molecule has 0 unspecified atom stereocenters. The largest absolute Gasteiger partial charge is 0.449 e. The molecule has 1 aliphatic heterocycles. The second-order valence-electron chi connectivity index (χ2n) is 7.32. The normalized spacial score (nSPS) is 14.8. The third-order valence-electron chi connectivity index (χ3n) is 5.14. The van der Waals surface area contributed by atoms with Gasteiger partial charge in [0, 0.05) is 26.6 Å². The molecule has 0 spiro atoms. The number of esters is 1. The number of aromatic nitrogens is 2. The maximum atomic E-state index is 12.4. The molecule has 1 aliphatic rings. The molecule has 0 bridgehead atoms. The Morgan fingerprint density at radius 1 is 1.24 bits per heavy atom. The summed E-state index contributed by atoms with van der Waals surface area (Å²) in [6.45, 7) is 6.49. The van der Waals surface area contributed by atoms with Gasteiger partial charge in [0.1, 0.15) is 0 Å². The number of aryl methyl sites for hydroxylation is 2. The molecule has 1 aromatic carbocycles. The average molecular weight is 398 g/mol. The molecule has 0 aliphatic carbocycles. The first-order valence-corrected chi connectivity index (χ1v) is 9.65. The first-order chi connectivity index (χ1) is 13.8. The fourth-order valence-electron chi connectivity index (χ4n) is 3.30. The van der Waals surface area contributed by atoms with Gasteiger partial charge in [-0.3, -0.25) is 14.3 Å². The molecule has 2 amide bonds. The number of likely N-dealkylation sites (tertiary alicyclic amines) is 1. The molecule has 154 valence electrons. The summed E-state index contributed by atoms with van der Waals surface area (Å²) in [7, 11) is 1.80. The molecule has 2 heterocycles. The summed E-state index contributed by atoms with van der Waals surface area (Å²) in [5, 5.41) is 7.02. The van der Waals surface area contributed by atoms with Crippen molar-refractivity contribution in [1.82, 2.24) is 14.7 Å².